The summed E-state index contributed by atoms with van der Waals surface area (Å²) < 4.78 is 35.3. The molecule has 3 aromatic rings. The van der Waals surface area contributed by atoms with Crippen LogP contribution < -0.4 is 33.8 Å². The van der Waals surface area contributed by atoms with Gasteiger partial charge in [-0.1, -0.05) is 17.4 Å². The number of rotatable bonds is 11. The van der Waals surface area contributed by atoms with Gasteiger partial charge in [0.25, 0.3) is 5.56 Å². The predicted molar refractivity (Wildman–Crippen MR) is 168 cm³/mol. The molecule has 0 N–H and O–H groups in total. The van der Waals surface area contributed by atoms with Crippen molar-refractivity contribution in [3.05, 3.63) is 76.0 Å². The number of hydrogen-bond acceptors (Lipinski definition) is 11. The lowest BCUT2D eigenvalue weighted by atomic mass is 9.95. The van der Waals surface area contributed by atoms with E-state index >= 15 is 0 Å². The number of esters is 2. The molecule has 0 spiro atoms. The first kappa shape index (κ1) is 32.1. The van der Waals surface area contributed by atoms with E-state index in [-0.39, 0.29) is 24.3 Å². The van der Waals surface area contributed by atoms with Crippen LogP contribution in [0.2, 0.25) is 0 Å². The summed E-state index contributed by atoms with van der Waals surface area (Å²) >= 11 is 3.36. The third kappa shape index (κ3) is 6.72. The summed E-state index contributed by atoms with van der Waals surface area (Å²) in [6.07, 6.45) is 1.73. The summed E-state index contributed by atoms with van der Waals surface area (Å²) in [5.74, 6) is 0.517. The Kier molecular flexibility index (Phi) is 10.5. The van der Waals surface area contributed by atoms with E-state index in [0.717, 1.165) is 3.57 Å². The van der Waals surface area contributed by atoms with Crippen molar-refractivity contribution in [2.75, 3.05) is 41.2 Å². The molecule has 0 saturated carbocycles. The van der Waals surface area contributed by atoms with Crippen molar-refractivity contribution >= 4 is 51.9 Å². The van der Waals surface area contributed by atoms with Gasteiger partial charge in [0.05, 0.1) is 56.4 Å². The maximum atomic E-state index is 14.1. The van der Waals surface area contributed by atoms with Crippen LogP contribution in [0.1, 0.15) is 37.9 Å². The molecule has 2 aromatic carbocycles. The quantitative estimate of drug-likeness (QED) is 0.217. The van der Waals surface area contributed by atoms with Crippen LogP contribution in [0.25, 0.3) is 6.08 Å². The second-order valence-corrected chi connectivity index (χ2v) is 11.3. The second-order valence-electron chi connectivity index (χ2n) is 9.04. The summed E-state index contributed by atoms with van der Waals surface area (Å²) in [7, 11) is 4.35. The monoisotopic (exact) mass is 722 g/mol. The highest BCUT2D eigenvalue weighted by Gasteiger charge is 2.34. The first-order valence-electron chi connectivity index (χ1n) is 13.2. The SMILES string of the molecule is CCOC(=O)C1=C(C)N=c2s/c(=C/c3cc(I)cc(OC)c3OC)c(=O)n2[C@H]1c1ccc(OCC(=O)OC)c(OCC)c1. The lowest BCUT2D eigenvalue weighted by Gasteiger charge is -2.25. The third-order valence-electron chi connectivity index (χ3n) is 6.43. The molecule has 0 fully saturated rings. The van der Waals surface area contributed by atoms with Crippen LogP contribution >= 0.6 is 33.9 Å². The molecule has 0 radical (unpaired) electrons. The maximum absolute atomic E-state index is 14.1. The minimum atomic E-state index is -0.876. The van der Waals surface area contributed by atoms with Crippen LogP contribution in [0.4, 0.5) is 0 Å². The largest absolute Gasteiger partial charge is 0.493 e. The Bertz CT molecular complexity index is 1760. The number of methoxy groups -OCH3 is 3. The Labute approximate surface area is 265 Å². The molecule has 1 aliphatic rings. The minimum Gasteiger partial charge on any atom is -0.493 e. The Morgan fingerprint density at radius 1 is 1.02 bits per heavy atom. The summed E-state index contributed by atoms with van der Waals surface area (Å²) in [5.41, 5.74) is 1.51. The molecular weight excluding hydrogens is 691 g/mol. The van der Waals surface area contributed by atoms with Gasteiger partial charge in [-0.25, -0.2) is 14.6 Å². The average molecular weight is 723 g/mol. The molecule has 0 bridgehead atoms. The van der Waals surface area contributed by atoms with Crippen LogP contribution in [0, 0.1) is 3.57 Å². The molecule has 43 heavy (non-hydrogen) atoms. The van der Waals surface area contributed by atoms with Crippen molar-refractivity contribution in [1.29, 1.82) is 0 Å². The highest BCUT2D eigenvalue weighted by molar-refractivity contribution is 14.1. The molecule has 13 heteroatoms. The van der Waals surface area contributed by atoms with Gasteiger partial charge in [-0.05, 0) is 79.3 Å². The highest BCUT2D eigenvalue weighted by atomic mass is 127. The number of halogens is 1. The first-order chi connectivity index (χ1) is 20.7. The maximum Gasteiger partial charge on any atom is 0.343 e. The van der Waals surface area contributed by atoms with Gasteiger partial charge in [-0.15, -0.1) is 0 Å². The van der Waals surface area contributed by atoms with E-state index in [4.69, 9.17) is 23.7 Å². The van der Waals surface area contributed by atoms with Gasteiger partial charge in [0.1, 0.15) is 0 Å². The standard InChI is InChI=1S/C30H31IN2O9S/c1-7-40-21-12-17(9-10-20(21)42-15-24(34)38-5)26-25(29(36)41-8-2)16(3)32-30-33(26)28(35)23(43-30)13-18-11-19(31)14-22(37-4)27(18)39-6/h9-14,26H,7-8,15H2,1-6H3/b23-13+/t26-/m0/s1. The minimum absolute atomic E-state index is 0.144. The third-order valence-corrected chi connectivity index (χ3v) is 8.04. The number of carbonyl (C=O) groups is 2. The van der Waals surface area contributed by atoms with Gasteiger partial charge >= 0.3 is 11.9 Å². The molecule has 0 unspecified atom stereocenters. The highest BCUT2D eigenvalue weighted by Crippen LogP contribution is 2.37. The van der Waals surface area contributed by atoms with E-state index in [0.29, 0.717) is 55.8 Å². The fourth-order valence-corrected chi connectivity index (χ4v) is 6.25. The molecule has 4 rings (SSSR count). The number of carbonyl (C=O) groups excluding carboxylic acids is 2. The number of benzene rings is 2. The van der Waals surface area contributed by atoms with E-state index in [1.54, 1.807) is 45.2 Å². The molecule has 228 valence electrons. The Morgan fingerprint density at radius 2 is 1.79 bits per heavy atom. The van der Waals surface area contributed by atoms with Gasteiger partial charge in [0.2, 0.25) is 0 Å². The van der Waals surface area contributed by atoms with Gasteiger partial charge in [-0.2, -0.15) is 0 Å². The first-order valence-corrected chi connectivity index (χ1v) is 15.1. The summed E-state index contributed by atoms with van der Waals surface area (Å²) in [5, 5.41) is 0. The van der Waals surface area contributed by atoms with Gasteiger partial charge < -0.3 is 28.4 Å². The molecular formula is C30H31IN2O9S. The molecule has 1 aliphatic heterocycles. The molecule has 2 heterocycles. The number of ether oxygens (including phenoxy) is 6. The van der Waals surface area contributed by atoms with Crippen LogP contribution in [-0.2, 0) is 19.1 Å². The average Bonchev–Trinajstić information content (AvgIpc) is 3.29. The van der Waals surface area contributed by atoms with E-state index in [1.165, 1.54) is 30.1 Å². The van der Waals surface area contributed by atoms with Crippen molar-refractivity contribution < 1.29 is 38.0 Å². The van der Waals surface area contributed by atoms with E-state index < -0.39 is 18.0 Å². The fourth-order valence-electron chi connectivity index (χ4n) is 4.59. The van der Waals surface area contributed by atoms with Crippen LogP contribution in [0.3, 0.4) is 0 Å². The van der Waals surface area contributed by atoms with E-state index in [2.05, 4.69) is 32.3 Å². The van der Waals surface area contributed by atoms with Crippen molar-refractivity contribution in [2.24, 2.45) is 4.99 Å². The molecule has 0 aliphatic carbocycles. The Balaban J connectivity index is 1.94. The molecule has 0 saturated heterocycles. The fraction of sp³-hybridized carbons (Fsp3) is 0.333. The topological polar surface area (TPSA) is 124 Å². The number of fused-ring (bicyclic) bond motifs is 1. The Hall–Kier alpha value is -3.85. The van der Waals surface area contributed by atoms with Crippen molar-refractivity contribution in [3.63, 3.8) is 0 Å². The lowest BCUT2D eigenvalue weighted by molar-refractivity contribution is -0.143. The normalized spacial score (nSPS) is 14.5. The van der Waals surface area contributed by atoms with Crippen molar-refractivity contribution in [2.45, 2.75) is 26.8 Å². The number of nitrogens with zero attached hydrogens (tertiary/aromatic N) is 2. The van der Waals surface area contributed by atoms with Gasteiger partial charge in [0, 0.05) is 9.13 Å². The van der Waals surface area contributed by atoms with E-state index in [1.807, 2.05) is 19.1 Å². The zero-order valence-corrected chi connectivity index (χ0v) is 27.5. The number of hydrogen-bond donors (Lipinski definition) is 0. The molecule has 1 aromatic heterocycles. The predicted octanol–water partition coefficient (Wildman–Crippen LogP) is 3.37. The van der Waals surface area contributed by atoms with E-state index in [9.17, 15) is 14.4 Å². The number of thiazole rings is 1. The van der Waals surface area contributed by atoms with Gasteiger partial charge in [-0.3, -0.25) is 9.36 Å². The van der Waals surface area contributed by atoms with Crippen LogP contribution in [-0.4, -0.2) is 57.7 Å². The number of aromatic nitrogens is 1. The summed E-state index contributed by atoms with van der Waals surface area (Å²) in [4.78, 5) is 44.1. The number of allylic oxidation sites excluding steroid dienone is 1. The van der Waals surface area contributed by atoms with Crippen LogP contribution in [0.15, 0.2) is 51.4 Å². The molecule has 0 amide bonds. The van der Waals surface area contributed by atoms with Crippen molar-refractivity contribution in [3.8, 4) is 23.0 Å². The zero-order valence-electron chi connectivity index (χ0n) is 24.5. The molecule has 1 atom stereocenters. The smallest absolute Gasteiger partial charge is 0.343 e. The summed E-state index contributed by atoms with van der Waals surface area (Å²) in [6, 6.07) is 7.86. The molecule has 11 nitrogen and oxygen atoms in total. The second kappa shape index (κ2) is 14.1. The Morgan fingerprint density at radius 3 is 2.44 bits per heavy atom. The lowest BCUT2D eigenvalue weighted by Crippen LogP contribution is -2.40. The van der Waals surface area contributed by atoms with Gasteiger partial charge in [0.15, 0.2) is 34.4 Å². The van der Waals surface area contributed by atoms with Crippen molar-refractivity contribution in [1.82, 2.24) is 4.57 Å². The summed E-state index contributed by atoms with van der Waals surface area (Å²) in [6.45, 7) is 5.36. The van der Waals surface area contributed by atoms with Crippen LogP contribution in [0.5, 0.6) is 23.0 Å². The zero-order chi connectivity index (χ0) is 31.3.